The number of hydrogen-bond acceptors (Lipinski definition) is 2. The lowest BCUT2D eigenvalue weighted by Gasteiger charge is -2.21. The number of rotatable bonds is 9. The van der Waals surface area contributed by atoms with E-state index in [9.17, 15) is 8.78 Å². The van der Waals surface area contributed by atoms with Crippen molar-refractivity contribution in [3.8, 4) is 0 Å². The summed E-state index contributed by atoms with van der Waals surface area (Å²) in [4.78, 5) is 4.13. The van der Waals surface area contributed by atoms with Gasteiger partial charge in [0.2, 0.25) is 0 Å². The molecule has 1 rings (SSSR count). The fourth-order valence-electron chi connectivity index (χ4n) is 2.43. The van der Waals surface area contributed by atoms with Crippen LogP contribution in [0.25, 0.3) is 0 Å². The molecule has 7 heteroatoms. The molecule has 0 aliphatic rings. The van der Waals surface area contributed by atoms with Gasteiger partial charge in [-0.2, -0.15) is 0 Å². The van der Waals surface area contributed by atoms with E-state index in [0.29, 0.717) is 37.0 Å². The molecule has 0 spiro atoms. The maximum atomic E-state index is 13.6. The standard InChI is InChI=1S/C18H29F2N3O.HI/c1-5-24-17(13(2)3)9-11-23-18(21-4)22-10-8-14-12-15(19)6-7-16(14)20;/h6-7,12-13,17H,5,8-11H2,1-4H3,(H2,21,22,23);1H. The predicted molar refractivity (Wildman–Crippen MR) is 110 cm³/mol. The number of benzene rings is 1. The van der Waals surface area contributed by atoms with Crippen molar-refractivity contribution in [3.63, 3.8) is 0 Å². The van der Waals surface area contributed by atoms with E-state index in [-0.39, 0.29) is 30.1 Å². The summed E-state index contributed by atoms with van der Waals surface area (Å²) < 4.78 is 32.4. The molecule has 0 amide bonds. The highest BCUT2D eigenvalue weighted by Crippen LogP contribution is 2.10. The summed E-state index contributed by atoms with van der Waals surface area (Å²) in [6.07, 6.45) is 1.48. The number of nitrogens with zero attached hydrogens (tertiary/aromatic N) is 1. The van der Waals surface area contributed by atoms with Crippen LogP contribution in [-0.4, -0.2) is 38.8 Å². The van der Waals surface area contributed by atoms with Gasteiger partial charge in [-0.1, -0.05) is 13.8 Å². The molecule has 0 aliphatic heterocycles. The van der Waals surface area contributed by atoms with Crippen molar-refractivity contribution in [3.05, 3.63) is 35.4 Å². The number of aliphatic imine (C=N–C) groups is 1. The molecule has 144 valence electrons. The molecule has 0 radical (unpaired) electrons. The van der Waals surface area contributed by atoms with Gasteiger partial charge in [-0.25, -0.2) is 8.78 Å². The van der Waals surface area contributed by atoms with E-state index in [4.69, 9.17) is 4.74 Å². The third-order valence-corrected chi connectivity index (χ3v) is 3.76. The second-order valence-electron chi connectivity index (χ2n) is 5.94. The van der Waals surface area contributed by atoms with Gasteiger partial charge in [0.25, 0.3) is 0 Å². The molecule has 0 aromatic heterocycles. The average Bonchev–Trinajstić information content (AvgIpc) is 2.55. The van der Waals surface area contributed by atoms with Gasteiger partial charge >= 0.3 is 0 Å². The Morgan fingerprint density at radius 2 is 1.88 bits per heavy atom. The van der Waals surface area contributed by atoms with Crippen LogP contribution in [0.2, 0.25) is 0 Å². The first-order chi connectivity index (χ1) is 11.5. The number of halogens is 3. The van der Waals surface area contributed by atoms with Crippen LogP contribution in [0.4, 0.5) is 8.78 Å². The van der Waals surface area contributed by atoms with Crippen molar-refractivity contribution >= 4 is 29.9 Å². The largest absolute Gasteiger partial charge is 0.378 e. The second kappa shape index (κ2) is 13.3. The van der Waals surface area contributed by atoms with Gasteiger partial charge in [0.1, 0.15) is 11.6 Å². The maximum Gasteiger partial charge on any atom is 0.190 e. The van der Waals surface area contributed by atoms with Gasteiger partial charge in [-0.3, -0.25) is 4.99 Å². The lowest BCUT2D eigenvalue weighted by Crippen LogP contribution is -2.40. The Kier molecular flexibility index (Phi) is 12.8. The average molecular weight is 469 g/mol. The van der Waals surface area contributed by atoms with Gasteiger partial charge in [0.05, 0.1) is 6.10 Å². The van der Waals surface area contributed by atoms with Crippen LogP contribution in [0, 0.1) is 17.6 Å². The van der Waals surface area contributed by atoms with Crippen LogP contribution >= 0.6 is 24.0 Å². The molecule has 4 nitrogen and oxygen atoms in total. The summed E-state index contributed by atoms with van der Waals surface area (Å²) in [5, 5.41) is 6.33. The molecule has 25 heavy (non-hydrogen) atoms. The highest BCUT2D eigenvalue weighted by atomic mass is 127. The van der Waals surface area contributed by atoms with Gasteiger partial charge in [-0.15, -0.1) is 24.0 Å². The van der Waals surface area contributed by atoms with Crippen molar-refractivity contribution in [2.45, 2.75) is 39.7 Å². The lowest BCUT2D eigenvalue weighted by molar-refractivity contribution is 0.0258. The molecule has 2 N–H and O–H groups in total. The summed E-state index contributed by atoms with van der Waals surface area (Å²) >= 11 is 0. The zero-order valence-electron chi connectivity index (χ0n) is 15.4. The van der Waals surface area contributed by atoms with Crippen LogP contribution in [0.5, 0.6) is 0 Å². The molecule has 0 heterocycles. The Labute approximate surface area is 166 Å². The minimum absolute atomic E-state index is 0. The molecule has 1 unspecified atom stereocenters. The molecule has 0 aliphatic carbocycles. The van der Waals surface area contributed by atoms with E-state index < -0.39 is 11.6 Å². The van der Waals surface area contributed by atoms with Crippen molar-refractivity contribution in [2.75, 3.05) is 26.7 Å². The van der Waals surface area contributed by atoms with E-state index in [1.807, 2.05) is 6.92 Å². The first-order valence-corrected chi connectivity index (χ1v) is 8.48. The Morgan fingerprint density at radius 3 is 2.48 bits per heavy atom. The zero-order valence-corrected chi connectivity index (χ0v) is 17.8. The smallest absolute Gasteiger partial charge is 0.190 e. The summed E-state index contributed by atoms with van der Waals surface area (Å²) in [5.41, 5.74) is 0.356. The number of nitrogens with one attached hydrogen (secondary N) is 2. The highest BCUT2D eigenvalue weighted by Gasteiger charge is 2.13. The summed E-state index contributed by atoms with van der Waals surface area (Å²) in [6.45, 7) is 8.18. The number of guanidine groups is 1. The normalized spacial score (nSPS) is 12.7. The van der Waals surface area contributed by atoms with Crippen LogP contribution in [0.15, 0.2) is 23.2 Å². The summed E-state index contributed by atoms with van der Waals surface area (Å²) in [5.74, 6) is 0.283. The van der Waals surface area contributed by atoms with Crippen molar-refractivity contribution in [2.24, 2.45) is 10.9 Å². The lowest BCUT2D eigenvalue weighted by atomic mass is 10.0. The molecular weight excluding hydrogens is 439 g/mol. The van der Waals surface area contributed by atoms with Crippen LogP contribution in [0.1, 0.15) is 32.8 Å². The first-order valence-electron chi connectivity index (χ1n) is 8.48. The van der Waals surface area contributed by atoms with Gasteiger partial charge in [-0.05, 0) is 49.4 Å². The quantitative estimate of drug-likeness (QED) is 0.329. The van der Waals surface area contributed by atoms with E-state index in [0.717, 1.165) is 25.1 Å². The molecule has 0 fully saturated rings. The van der Waals surface area contributed by atoms with E-state index in [2.05, 4.69) is 29.5 Å². The molecule has 1 atom stereocenters. The summed E-state index contributed by atoms with van der Waals surface area (Å²) in [7, 11) is 1.68. The zero-order chi connectivity index (χ0) is 17.9. The van der Waals surface area contributed by atoms with E-state index in [1.54, 1.807) is 7.05 Å². The maximum absolute atomic E-state index is 13.6. The first kappa shape index (κ1) is 24.0. The molecule has 0 saturated heterocycles. The van der Waals surface area contributed by atoms with Crippen LogP contribution in [-0.2, 0) is 11.2 Å². The topological polar surface area (TPSA) is 45.6 Å². The van der Waals surface area contributed by atoms with Gasteiger partial charge in [0.15, 0.2) is 5.96 Å². The molecule has 1 aromatic rings. The van der Waals surface area contributed by atoms with Crippen molar-refractivity contribution < 1.29 is 13.5 Å². The van der Waals surface area contributed by atoms with Crippen LogP contribution < -0.4 is 10.6 Å². The Bertz CT molecular complexity index is 527. The predicted octanol–water partition coefficient (Wildman–Crippen LogP) is 3.74. The SMILES string of the molecule is CCOC(CCNC(=NC)NCCc1cc(F)ccc1F)C(C)C.I. The van der Waals surface area contributed by atoms with Crippen molar-refractivity contribution in [1.29, 1.82) is 0 Å². The third-order valence-electron chi connectivity index (χ3n) is 3.76. The highest BCUT2D eigenvalue weighted by molar-refractivity contribution is 14.0. The fraction of sp³-hybridized carbons (Fsp3) is 0.611. The minimum atomic E-state index is -0.426. The van der Waals surface area contributed by atoms with Crippen LogP contribution in [0.3, 0.4) is 0 Å². The Hall–Kier alpha value is -0.960. The number of hydrogen-bond donors (Lipinski definition) is 2. The number of ether oxygens (including phenoxy) is 1. The van der Waals surface area contributed by atoms with E-state index in [1.165, 1.54) is 6.07 Å². The Morgan fingerprint density at radius 1 is 1.20 bits per heavy atom. The van der Waals surface area contributed by atoms with E-state index >= 15 is 0 Å². The third kappa shape index (κ3) is 9.34. The summed E-state index contributed by atoms with van der Waals surface area (Å²) in [6, 6.07) is 3.50. The molecule has 0 saturated carbocycles. The Balaban J connectivity index is 0.00000576. The monoisotopic (exact) mass is 469 g/mol. The second-order valence-corrected chi connectivity index (χ2v) is 5.94. The fourth-order valence-corrected chi connectivity index (χ4v) is 2.43. The molecule has 0 bridgehead atoms. The van der Waals surface area contributed by atoms with Gasteiger partial charge < -0.3 is 15.4 Å². The molecule has 1 aromatic carbocycles. The van der Waals surface area contributed by atoms with Gasteiger partial charge in [0, 0.05) is 26.7 Å². The van der Waals surface area contributed by atoms with Crippen molar-refractivity contribution in [1.82, 2.24) is 10.6 Å². The minimum Gasteiger partial charge on any atom is -0.378 e. The molecular formula is C18H30F2IN3O.